The molecule has 0 amide bonds. The Balaban J connectivity index is 2.61. The van der Waals surface area contributed by atoms with Gasteiger partial charge in [0.15, 0.2) is 6.10 Å². The molecule has 0 saturated carbocycles. The molecule has 13 heteroatoms. The van der Waals surface area contributed by atoms with Gasteiger partial charge in [0.05, 0.1) is 12.0 Å². The third-order valence-electron chi connectivity index (χ3n) is 7.84. The molecular formula is C41H60O12S. The fourth-order valence-corrected chi connectivity index (χ4v) is 5.41. The van der Waals surface area contributed by atoms with E-state index in [-0.39, 0.29) is 24.9 Å². The number of esters is 2. The van der Waals surface area contributed by atoms with E-state index in [1.54, 1.807) is 6.08 Å². The van der Waals surface area contributed by atoms with Gasteiger partial charge in [-0.3, -0.25) is 14.1 Å². The lowest BCUT2D eigenvalue weighted by Gasteiger charge is -2.37. The lowest BCUT2D eigenvalue weighted by molar-refractivity contribution is -0.252. The Hall–Kier alpha value is -3.69. The van der Waals surface area contributed by atoms with E-state index in [1.807, 2.05) is 37.3 Å². The van der Waals surface area contributed by atoms with Crippen molar-refractivity contribution in [2.75, 3.05) is 13.2 Å². The van der Waals surface area contributed by atoms with E-state index in [4.69, 9.17) is 23.5 Å². The SMILES string of the molecule is C/C=C/C=C\CCCCCCCCCCC(=O)OC[C@H](CO[C@H]1O/C(=C\S(=O)(=O)O)[C@H](O)[C@@H](O)[C@H]1O)OC(=O)CCCC#C/C=C\CC#C/C=C/CCC. The number of carbonyl (C=O) groups is 2. The number of hydrogen-bond donors (Lipinski definition) is 4. The number of carbonyl (C=O) groups excluding carboxylic acids is 2. The molecule has 0 radical (unpaired) electrons. The number of aliphatic hydroxyl groups excluding tert-OH is 3. The van der Waals surface area contributed by atoms with Gasteiger partial charge in [-0.05, 0) is 51.2 Å². The summed E-state index contributed by atoms with van der Waals surface area (Å²) in [5, 5.41) is 30.8. The van der Waals surface area contributed by atoms with Crippen LogP contribution in [0.2, 0.25) is 0 Å². The van der Waals surface area contributed by atoms with Gasteiger partial charge in [-0.15, -0.1) is 0 Å². The Labute approximate surface area is 322 Å². The summed E-state index contributed by atoms with van der Waals surface area (Å²) < 4.78 is 53.2. The van der Waals surface area contributed by atoms with E-state index < -0.39 is 65.1 Å². The zero-order valence-corrected chi connectivity index (χ0v) is 32.6. The summed E-state index contributed by atoms with van der Waals surface area (Å²) >= 11 is 0. The van der Waals surface area contributed by atoms with Crippen LogP contribution in [0, 0.1) is 23.7 Å². The maximum Gasteiger partial charge on any atom is 0.306 e. The molecule has 0 aromatic rings. The average molecular weight is 777 g/mol. The van der Waals surface area contributed by atoms with E-state index >= 15 is 0 Å². The molecule has 1 saturated heterocycles. The molecule has 12 nitrogen and oxygen atoms in total. The second-order valence-electron chi connectivity index (χ2n) is 12.7. The van der Waals surface area contributed by atoms with E-state index in [0.717, 1.165) is 44.9 Å². The van der Waals surface area contributed by atoms with Gasteiger partial charge in [0.25, 0.3) is 10.1 Å². The molecule has 1 aliphatic heterocycles. The molecule has 1 fully saturated rings. The maximum absolute atomic E-state index is 12.7. The minimum Gasteiger partial charge on any atom is -0.463 e. The zero-order chi connectivity index (χ0) is 39.9. The molecule has 0 aromatic carbocycles. The van der Waals surface area contributed by atoms with Crippen LogP contribution < -0.4 is 0 Å². The van der Waals surface area contributed by atoms with E-state index in [0.29, 0.717) is 25.7 Å². The fraction of sp³-hybridized carbons (Fsp3) is 0.610. The molecule has 0 bridgehead atoms. The van der Waals surface area contributed by atoms with Crippen LogP contribution in [0.15, 0.2) is 59.8 Å². The first-order valence-electron chi connectivity index (χ1n) is 18.9. The van der Waals surface area contributed by atoms with Gasteiger partial charge in [-0.25, -0.2) is 0 Å². The quantitative estimate of drug-likeness (QED) is 0.0273. The molecule has 4 N–H and O–H groups in total. The highest BCUT2D eigenvalue weighted by molar-refractivity contribution is 7.88. The van der Waals surface area contributed by atoms with Gasteiger partial charge < -0.3 is 34.3 Å². The lowest BCUT2D eigenvalue weighted by atomic mass is 10.0. The van der Waals surface area contributed by atoms with Crippen LogP contribution in [0.3, 0.4) is 0 Å². The summed E-state index contributed by atoms with van der Waals surface area (Å²) in [6.07, 6.45) is 20.1. The monoisotopic (exact) mass is 776 g/mol. The Morgan fingerprint density at radius 1 is 0.815 bits per heavy atom. The average Bonchev–Trinajstić information content (AvgIpc) is 3.13. The van der Waals surface area contributed by atoms with E-state index in [1.165, 1.54) is 19.3 Å². The molecule has 0 aliphatic carbocycles. The molecular weight excluding hydrogens is 717 g/mol. The minimum atomic E-state index is -4.78. The fourth-order valence-electron chi connectivity index (χ4n) is 4.92. The summed E-state index contributed by atoms with van der Waals surface area (Å²) in [7, 11) is -4.78. The molecule has 5 atom stereocenters. The smallest absolute Gasteiger partial charge is 0.306 e. The summed E-state index contributed by atoms with van der Waals surface area (Å²) in [4.78, 5) is 25.2. The summed E-state index contributed by atoms with van der Waals surface area (Å²) in [5.74, 6) is 9.90. The van der Waals surface area contributed by atoms with Crippen LogP contribution in [-0.2, 0) is 38.7 Å². The van der Waals surface area contributed by atoms with Crippen molar-refractivity contribution < 1.29 is 56.8 Å². The molecule has 302 valence electrons. The van der Waals surface area contributed by atoms with Gasteiger partial charge >= 0.3 is 11.9 Å². The van der Waals surface area contributed by atoms with Crippen molar-refractivity contribution in [3.8, 4) is 23.7 Å². The number of ether oxygens (including phenoxy) is 4. The third-order valence-corrected chi connectivity index (χ3v) is 8.37. The predicted octanol–water partition coefficient (Wildman–Crippen LogP) is 6.14. The van der Waals surface area contributed by atoms with Crippen LogP contribution in [0.25, 0.3) is 0 Å². The Morgan fingerprint density at radius 2 is 1.48 bits per heavy atom. The first kappa shape index (κ1) is 48.3. The number of aliphatic hydroxyl groups is 3. The first-order valence-corrected chi connectivity index (χ1v) is 20.4. The molecule has 54 heavy (non-hydrogen) atoms. The number of hydrogen-bond acceptors (Lipinski definition) is 11. The number of unbranched alkanes of at least 4 members (excludes halogenated alkanes) is 10. The van der Waals surface area contributed by atoms with Crippen LogP contribution in [0.1, 0.15) is 117 Å². The van der Waals surface area contributed by atoms with Gasteiger partial charge in [0.2, 0.25) is 6.29 Å². The normalized spacial score (nSPS) is 20.1. The summed E-state index contributed by atoms with van der Waals surface area (Å²) in [6.45, 7) is 3.23. The van der Waals surface area contributed by atoms with Crippen molar-refractivity contribution in [2.45, 2.75) is 147 Å². The molecule has 1 heterocycles. The molecule has 0 aromatic heterocycles. The van der Waals surface area contributed by atoms with Gasteiger partial charge in [0, 0.05) is 25.7 Å². The largest absolute Gasteiger partial charge is 0.463 e. The predicted molar refractivity (Wildman–Crippen MR) is 207 cm³/mol. The van der Waals surface area contributed by atoms with Gasteiger partial charge in [-0.1, -0.05) is 112 Å². The molecule has 0 spiro atoms. The minimum absolute atomic E-state index is 0.000715. The highest BCUT2D eigenvalue weighted by atomic mass is 32.2. The van der Waals surface area contributed by atoms with Gasteiger partial charge in [-0.2, -0.15) is 8.42 Å². The van der Waals surface area contributed by atoms with E-state index in [9.17, 15) is 33.3 Å². The van der Waals surface area contributed by atoms with Crippen LogP contribution >= 0.6 is 0 Å². The number of allylic oxidation sites excluding steroid dienone is 8. The topological polar surface area (TPSA) is 186 Å². The van der Waals surface area contributed by atoms with Crippen LogP contribution in [0.5, 0.6) is 0 Å². The Kier molecular flexibility index (Phi) is 27.4. The third kappa shape index (κ3) is 25.4. The lowest BCUT2D eigenvalue weighted by Crippen LogP contribution is -2.53. The second kappa shape index (κ2) is 30.6. The standard InChI is InChI=1S/C41H60O12S/c1-3-5-7-9-11-13-15-17-19-21-23-25-27-29-36(42)50-31-34(32-51-41-40(46)39(45)38(44)35(53-41)33-54(47,48)49)52-37(43)30-28-26-24-22-20-18-16-14-12-10-8-6-4-2/h3,5,7-10,18,20,33-34,38-41,44-46H,4,6,11,13,15-17,19,21,23,25-32H2,1-2H3,(H,47,48,49)/b5-3+,9-7-,10-8+,20-18-,35-33-/t34-,38+,39-,40-,41+/m1/s1. The maximum atomic E-state index is 12.7. The van der Waals surface area contributed by atoms with E-state index in [2.05, 4.69) is 42.8 Å². The van der Waals surface area contributed by atoms with Crippen molar-refractivity contribution >= 4 is 22.1 Å². The summed E-state index contributed by atoms with van der Waals surface area (Å²) in [6, 6.07) is 0. The highest BCUT2D eigenvalue weighted by Crippen LogP contribution is 2.26. The van der Waals surface area contributed by atoms with Crippen molar-refractivity contribution in [2.24, 2.45) is 0 Å². The number of rotatable bonds is 25. The molecule has 1 rings (SSSR count). The Bertz CT molecular complexity index is 1460. The molecule has 0 unspecified atom stereocenters. The van der Waals surface area contributed by atoms with Crippen molar-refractivity contribution in [1.82, 2.24) is 0 Å². The summed E-state index contributed by atoms with van der Waals surface area (Å²) in [5.41, 5.74) is 0. The van der Waals surface area contributed by atoms with Crippen LogP contribution in [-0.4, -0.2) is 84.1 Å². The highest BCUT2D eigenvalue weighted by Gasteiger charge is 2.43. The first-order chi connectivity index (χ1) is 26.0. The van der Waals surface area contributed by atoms with Gasteiger partial charge in [0.1, 0.15) is 30.7 Å². The Morgan fingerprint density at radius 3 is 2.19 bits per heavy atom. The van der Waals surface area contributed by atoms with Crippen molar-refractivity contribution in [3.05, 3.63) is 59.8 Å². The second-order valence-corrected chi connectivity index (χ2v) is 14.0. The van der Waals surface area contributed by atoms with Crippen LogP contribution in [0.4, 0.5) is 0 Å². The van der Waals surface area contributed by atoms with Crippen molar-refractivity contribution in [3.63, 3.8) is 0 Å². The zero-order valence-electron chi connectivity index (χ0n) is 31.8. The molecule has 1 aliphatic rings. The van der Waals surface area contributed by atoms with Crippen molar-refractivity contribution in [1.29, 1.82) is 0 Å².